The normalized spacial score (nSPS) is 19.4. The van der Waals surface area contributed by atoms with E-state index in [1.165, 1.54) is 16.4 Å². The second-order valence-electron chi connectivity index (χ2n) is 9.99. The number of amidine groups is 1. The molecule has 0 atom stereocenters. The summed E-state index contributed by atoms with van der Waals surface area (Å²) in [5, 5.41) is 8.28. The monoisotopic (exact) mass is 722 g/mol. The van der Waals surface area contributed by atoms with Gasteiger partial charge in [-0.25, -0.2) is 0 Å². The molecule has 1 aromatic heterocycles. The van der Waals surface area contributed by atoms with Gasteiger partial charge in [0.2, 0.25) is 0 Å². The number of carbonyl (C=O) groups is 1. The zero-order valence-electron chi connectivity index (χ0n) is 22.2. The Morgan fingerprint density at radius 2 is 1.79 bits per heavy atom. The van der Waals surface area contributed by atoms with E-state index in [-0.39, 0.29) is 24.1 Å². The van der Waals surface area contributed by atoms with E-state index in [1.807, 2.05) is 22.6 Å². The second kappa shape index (κ2) is 12.2. The number of hydrogen-bond donors (Lipinski definition) is 1. The summed E-state index contributed by atoms with van der Waals surface area (Å²) in [5.41, 5.74) is -1.87. The number of halogens is 7. The van der Waals surface area contributed by atoms with Crippen LogP contribution in [-0.4, -0.2) is 77.0 Å². The highest BCUT2D eigenvalue weighted by Gasteiger charge is 2.38. The van der Waals surface area contributed by atoms with E-state index in [1.54, 1.807) is 24.3 Å². The van der Waals surface area contributed by atoms with Crippen molar-refractivity contribution in [2.24, 2.45) is 4.99 Å². The summed E-state index contributed by atoms with van der Waals surface area (Å²) in [5.74, 6) is -0.272. The maximum Gasteiger partial charge on any atom is 0.416 e. The van der Waals surface area contributed by atoms with Crippen LogP contribution in [0.2, 0.25) is 0 Å². The molecule has 0 bridgehead atoms. The van der Waals surface area contributed by atoms with Crippen LogP contribution < -0.4 is 5.32 Å². The van der Waals surface area contributed by atoms with Crippen LogP contribution in [0, 0.1) is 3.70 Å². The maximum absolute atomic E-state index is 13.7. The lowest BCUT2D eigenvalue weighted by atomic mass is 10.0. The van der Waals surface area contributed by atoms with Crippen LogP contribution in [0.3, 0.4) is 0 Å². The van der Waals surface area contributed by atoms with Crippen molar-refractivity contribution in [1.29, 1.82) is 0 Å². The SMILES string of the molecule is CN1CCN(CCN=C2NC(=O)/C(=C\c3ccc4c(c3)c(I)nn4Cc3ccc(C(F)(F)F)cc3C(F)(F)F)S2)CC1. The minimum Gasteiger partial charge on any atom is -0.304 e. The number of amides is 1. The van der Waals surface area contributed by atoms with Gasteiger partial charge >= 0.3 is 12.4 Å². The molecule has 2 fully saturated rings. The summed E-state index contributed by atoms with van der Waals surface area (Å²) in [6.45, 7) is 5.00. The third-order valence-corrected chi connectivity index (χ3v) is 8.75. The first-order chi connectivity index (χ1) is 19.8. The number of hydrogen-bond acceptors (Lipinski definition) is 6. The molecule has 0 spiro atoms. The molecule has 2 aliphatic heterocycles. The molecule has 2 aromatic carbocycles. The molecular formula is C27H25F6IN6OS. The molecule has 0 radical (unpaired) electrons. The lowest BCUT2D eigenvalue weighted by molar-refractivity contribution is -0.143. The van der Waals surface area contributed by atoms with Gasteiger partial charge in [0, 0.05) is 38.1 Å². The van der Waals surface area contributed by atoms with Crippen LogP contribution in [0.5, 0.6) is 0 Å². The first-order valence-electron chi connectivity index (χ1n) is 12.9. The van der Waals surface area contributed by atoms with E-state index in [0.29, 0.717) is 42.9 Å². The van der Waals surface area contributed by atoms with Gasteiger partial charge in [0.1, 0.15) is 3.70 Å². The standard InChI is InChI=1S/C27H25F6IN6OS/c1-38-8-10-39(11-9-38)7-6-35-25-36-24(41)22(42-25)13-16-2-5-21-19(12-16)23(34)37-40(21)15-17-3-4-18(26(28,29)30)14-20(17)27(31,32)33/h2-5,12-14H,6-11,15H2,1H3,(H,35,36,41)/b22-13+. The van der Waals surface area contributed by atoms with E-state index in [0.717, 1.165) is 38.8 Å². The molecule has 2 aliphatic rings. The minimum absolute atomic E-state index is 0.130. The predicted octanol–water partition coefficient (Wildman–Crippen LogP) is 5.53. The van der Waals surface area contributed by atoms with Gasteiger partial charge in [-0.15, -0.1) is 0 Å². The second-order valence-corrected chi connectivity index (χ2v) is 12.0. The van der Waals surface area contributed by atoms with Gasteiger partial charge < -0.3 is 10.2 Å². The number of aromatic nitrogens is 2. The Bertz CT molecular complexity index is 1560. The summed E-state index contributed by atoms with van der Waals surface area (Å²) in [7, 11) is 2.09. The highest BCUT2D eigenvalue weighted by molar-refractivity contribution is 14.1. The Hall–Kier alpha value is -2.63. The van der Waals surface area contributed by atoms with Crippen LogP contribution in [0.1, 0.15) is 22.3 Å². The summed E-state index contributed by atoms with van der Waals surface area (Å²) < 4.78 is 82.0. The van der Waals surface area contributed by atoms with Crippen molar-refractivity contribution in [3.63, 3.8) is 0 Å². The Balaban J connectivity index is 1.32. The highest BCUT2D eigenvalue weighted by atomic mass is 127. The topological polar surface area (TPSA) is 65.8 Å². The number of piperazine rings is 1. The molecule has 1 N–H and O–H groups in total. The number of nitrogens with one attached hydrogen (secondary N) is 1. The van der Waals surface area contributed by atoms with Crippen molar-refractivity contribution in [3.8, 4) is 0 Å². The van der Waals surface area contributed by atoms with E-state index in [2.05, 4.69) is 32.3 Å². The Labute approximate surface area is 255 Å². The molecule has 0 aliphatic carbocycles. The average molecular weight is 722 g/mol. The third-order valence-electron chi connectivity index (χ3n) is 7.01. The molecular weight excluding hydrogens is 697 g/mol. The van der Waals surface area contributed by atoms with Gasteiger partial charge in [-0.05, 0) is 82.9 Å². The molecule has 224 valence electrons. The van der Waals surface area contributed by atoms with E-state index < -0.39 is 23.5 Å². The zero-order chi connectivity index (χ0) is 30.2. The number of nitrogens with zero attached hydrogens (tertiary/aromatic N) is 5. The van der Waals surface area contributed by atoms with Crippen molar-refractivity contribution in [2.45, 2.75) is 18.9 Å². The summed E-state index contributed by atoms with van der Waals surface area (Å²) in [6, 6.07) is 6.74. The van der Waals surface area contributed by atoms with Crippen LogP contribution in [0.25, 0.3) is 17.0 Å². The molecule has 5 rings (SSSR count). The number of likely N-dealkylation sites (N-methyl/N-ethyl adjacent to an activating group) is 1. The summed E-state index contributed by atoms with van der Waals surface area (Å²) in [6.07, 6.45) is -8.17. The van der Waals surface area contributed by atoms with E-state index in [4.69, 9.17) is 0 Å². The predicted molar refractivity (Wildman–Crippen MR) is 158 cm³/mol. The first-order valence-corrected chi connectivity index (χ1v) is 14.8. The van der Waals surface area contributed by atoms with Gasteiger partial charge in [-0.2, -0.15) is 31.4 Å². The number of fused-ring (bicyclic) bond motifs is 1. The van der Waals surface area contributed by atoms with Crippen LogP contribution in [0.4, 0.5) is 26.3 Å². The molecule has 0 saturated carbocycles. The van der Waals surface area contributed by atoms with Crippen molar-refractivity contribution >= 4 is 62.4 Å². The van der Waals surface area contributed by atoms with Crippen molar-refractivity contribution in [3.05, 3.63) is 67.3 Å². The van der Waals surface area contributed by atoms with Crippen LogP contribution in [0.15, 0.2) is 46.3 Å². The van der Waals surface area contributed by atoms with E-state index in [9.17, 15) is 31.1 Å². The maximum atomic E-state index is 13.7. The Kier molecular flexibility index (Phi) is 8.93. The Morgan fingerprint density at radius 3 is 2.48 bits per heavy atom. The summed E-state index contributed by atoms with van der Waals surface area (Å²) in [4.78, 5) is 22.1. The van der Waals surface area contributed by atoms with Gasteiger partial charge in [0.15, 0.2) is 5.17 Å². The molecule has 0 unspecified atom stereocenters. The van der Waals surface area contributed by atoms with Gasteiger partial charge in [-0.3, -0.25) is 19.4 Å². The fourth-order valence-electron chi connectivity index (χ4n) is 4.70. The number of benzene rings is 2. The van der Waals surface area contributed by atoms with Crippen molar-refractivity contribution in [1.82, 2.24) is 24.9 Å². The lowest BCUT2D eigenvalue weighted by Crippen LogP contribution is -2.45. The van der Waals surface area contributed by atoms with Gasteiger partial charge in [0.05, 0.1) is 34.6 Å². The number of aliphatic imine (C=N–C) groups is 1. The quantitative estimate of drug-likeness (QED) is 0.206. The van der Waals surface area contributed by atoms with Crippen molar-refractivity contribution in [2.75, 3.05) is 46.3 Å². The largest absolute Gasteiger partial charge is 0.416 e. The smallest absolute Gasteiger partial charge is 0.304 e. The molecule has 3 aromatic rings. The average Bonchev–Trinajstić information content (AvgIpc) is 3.42. The third kappa shape index (κ3) is 7.11. The fourth-order valence-corrected chi connectivity index (χ4v) is 6.24. The number of alkyl halides is 6. The number of thioether (sulfide) groups is 1. The number of rotatable bonds is 6. The molecule has 3 heterocycles. The number of carbonyl (C=O) groups excluding carboxylic acids is 1. The fraction of sp³-hybridized carbons (Fsp3) is 0.370. The Morgan fingerprint density at radius 1 is 1.05 bits per heavy atom. The van der Waals surface area contributed by atoms with E-state index >= 15 is 0 Å². The highest BCUT2D eigenvalue weighted by Crippen LogP contribution is 2.38. The minimum atomic E-state index is -4.97. The molecule has 7 nitrogen and oxygen atoms in total. The summed E-state index contributed by atoms with van der Waals surface area (Å²) >= 11 is 3.19. The first kappa shape index (κ1) is 30.8. The molecule has 42 heavy (non-hydrogen) atoms. The van der Waals surface area contributed by atoms with Gasteiger partial charge in [0.25, 0.3) is 5.91 Å². The lowest BCUT2D eigenvalue weighted by Gasteiger charge is -2.31. The van der Waals surface area contributed by atoms with Crippen LogP contribution >= 0.6 is 34.4 Å². The molecule has 15 heteroatoms. The molecule has 2 saturated heterocycles. The van der Waals surface area contributed by atoms with Crippen molar-refractivity contribution < 1.29 is 31.1 Å². The van der Waals surface area contributed by atoms with Crippen LogP contribution in [-0.2, 0) is 23.7 Å². The molecule has 1 amide bonds. The van der Waals surface area contributed by atoms with Gasteiger partial charge in [-0.1, -0.05) is 12.1 Å². The zero-order valence-corrected chi connectivity index (χ0v) is 25.2.